The molecule has 0 aliphatic rings. The first-order valence-corrected chi connectivity index (χ1v) is 7.16. The monoisotopic (exact) mass is 294 g/mol. The van der Waals surface area contributed by atoms with Gasteiger partial charge in [-0.2, -0.15) is 8.42 Å². The Bertz CT molecular complexity index is 744. The molecule has 0 atom stereocenters. The van der Waals surface area contributed by atoms with E-state index >= 15 is 0 Å². The van der Waals surface area contributed by atoms with Crippen molar-refractivity contribution in [3.05, 3.63) is 48.0 Å². The van der Waals surface area contributed by atoms with E-state index in [1.54, 1.807) is 31.2 Å². The standard InChI is InChI=1S/C13H14N2O4S/c1-9-8-10(14)6-7-11(9)15(16)12-4-2-3-5-13(12)20(17,18)19/h2-8,16H,14H2,1H3,(H,17,18,19). The highest BCUT2D eigenvalue weighted by molar-refractivity contribution is 7.86. The Hall–Kier alpha value is -2.09. The van der Waals surface area contributed by atoms with Gasteiger partial charge in [-0.15, -0.1) is 0 Å². The molecule has 106 valence electrons. The molecule has 0 heterocycles. The van der Waals surface area contributed by atoms with Crippen LogP contribution in [0.25, 0.3) is 0 Å². The molecule has 2 rings (SSSR count). The van der Waals surface area contributed by atoms with Crippen molar-refractivity contribution in [3.63, 3.8) is 0 Å². The Morgan fingerprint density at radius 3 is 2.35 bits per heavy atom. The van der Waals surface area contributed by atoms with Gasteiger partial charge >= 0.3 is 0 Å². The molecule has 0 radical (unpaired) electrons. The predicted molar refractivity (Wildman–Crippen MR) is 75.8 cm³/mol. The SMILES string of the molecule is Cc1cc(N)ccc1N(O)c1ccccc1S(=O)(=O)O. The number of hydrogen-bond donors (Lipinski definition) is 3. The molecular weight excluding hydrogens is 280 g/mol. The van der Waals surface area contributed by atoms with E-state index in [4.69, 9.17) is 5.73 Å². The zero-order valence-electron chi connectivity index (χ0n) is 10.7. The zero-order valence-corrected chi connectivity index (χ0v) is 11.5. The summed E-state index contributed by atoms with van der Waals surface area (Å²) in [4.78, 5) is -0.376. The second-order valence-corrected chi connectivity index (χ2v) is 5.69. The Balaban J connectivity index is 2.57. The molecule has 0 aromatic heterocycles. The van der Waals surface area contributed by atoms with Crippen molar-refractivity contribution in [3.8, 4) is 0 Å². The third-order valence-corrected chi connectivity index (χ3v) is 3.72. The summed E-state index contributed by atoms with van der Waals surface area (Å²) in [5, 5.41) is 10.9. The van der Waals surface area contributed by atoms with E-state index in [1.165, 1.54) is 18.2 Å². The van der Waals surface area contributed by atoms with E-state index in [1.807, 2.05) is 0 Å². The Labute approximate surface area is 116 Å². The van der Waals surface area contributed by atoms with Crippen LogP contribution in [0.4, 0.5) is 17.1 Å². The smallest absolute Gasteiger partial charge is 0.296 e. The molecule has 0 aliphatic heterocycles. The third-order valence-electron chi connectivity index (χ3n) is 2.82. The van der Waals surface area contributed by atoms with Crippen molar-refractivity contribution in [1.29, 1.82) is 0 Å². The van der Waals surface area contributed by atoms with Crippen LogP contribution in [0.5, 0.6) is 0 Å². The lowest BCUT2D eigenvalue weighted by atomic mass is 10.1. The van der Waals surface area contributed by atoms with Crippen molar-refractivity contribution in [1.82, 2.24) is 0 Å². The van der Waals surface area contributed by atoms with Crippen LogP contribution in [0.2, 0.25) is 0 Å². The number of rotatable bonds is 3. The van der Waals surface area contributed by atoms with Crippen molar-refractivity contribution < 1.29 is 18.2 Å². The van der Waals surface area contributed by atoms with Crippen molar-refractivity contribution in [2.75, 3.05) is 10.8 Å². The zero-order chi connectivity index (χ0) is 14.9. The van der Waals surface area contributed by atoms with Crippen LogP contribution < -0.4 is 10.8 Å². The normalized spacial score (nSPS) is 11.3. The predicted octanol–water partition coefficient (Wildman–Crippen LogP) is 2.35. The summed E-state index contributed by atoms with van der Waals surface area (Å²) in [7, 11) is -4.43. The van der Waals surface area contributed by atoms with Crippen LogP contribution in [0.15, 0.2) is 47.4 Å². The molecule has 7 heteroatoms. The highest BCUT2D eigenvalue weighted by Crippen LogP contribution is 2.32. The fourth-order valence-corrected chi connectivity index (χ4v) is 2.57. The summed E-state index contributed by atoms with van der Waals surface area (Å²) in [5.74, 6) is 0. The molecule has 20 heavy (non-hydrogen) atoms. The quantitative estimate of drug-likeness (QED) is 0.456. The minimum atomic E-state index is -4.43. The maximum Gasteiger partial charge on any atom is 0.296 e. The molecule has 2 aromatic rings. The van der Waals surface area contributed by atoms with Crippen LogP contribution in [-0.4, -0.2) is 18.2 Å². The summed E-state index contributed by atoms with van der Waals surface area (Å²) < 4.78 is 31.8. The number of nitrogens with zero attached hydrogens (tertiary/aromatic N) is 1. The van der Waals surface area contributed by atoms with Crippen LogP contribution >= 0.6 is 0 Å². The van der Waals surface area contributed by atoms with Crippen molar-refractivity contribution in [2.24, 2.45) is 0 Å². The van der Waals surface area contributed by atoms with Gasteiger partial charge in [-0.05, 0) is 42.8 Å². The topological polar surface area (TPSA) is 104 Å². The van der Waals surface area contributed by atoms with Gasteiger partial charge < -0.3 is 5.73 Å². The summed E-state index contributed by atoms with van der Waals surface area (Å²) >= 11 is 0. The number of benzene rings is 2. The molecule has 0 unspecified atom stereocenters. The minimum absolute atomic E-state index is 0.0390. The van der Waals surface area contributed by atoms with Gasteiger partial charge in [0.25, 0.3) is 10.1 Å². The molecule has 0 saturated heterocycles. The van der Waals surface area contributed by atoms with Gasteiger partial charge in [0.2, 0.25) is 0 Å². The van der Waals surface area contributed by atoms with Gasteiger partial charge in [-0.1, -0.05) is 12.1 Å². The second kappa shape index (κ2) is 5.12. The lowest BCUT2D eigenvalue weighted by Crippen LogP contribution is -2.15. The lowest BCUT2D eigenvalue weighted by molar-refractivity contribution is 0.298. The molecular formula is C13H14N2O4S. The van der Waals surface area contributed by atoms with Crippen LogP contribution in [0.1, 0.15) is 5.56 Å². The number of anilines is 3. The second-order valence-electron chi connectivity index (χ2n) is 4.30. The minimum Gasteiger partial charge on any atom is -0.399 e. The number of nitrogens with two attached hydrogens (primary N) is 1. The largest absolute Gasteiger partial charge is 0.399 e. The van der Waals surface area contributed by atoms with E-state index in [-0.39, 0.29) is 10.6 Å². The highest BCUT2D eigenvalue weighted by Gasteiger charge is 2.20. The van der Waals surface area contributed by atoms with E-state index in [2.05, 4.69) is 0 Å². The van der Waals surface area contributed by atoms with E-state index in [0.717, 1.165) is 0 Å². The van der Waals surface area contributed by atoms with Gasteiger partial charge in [0.05, 0.1) is 11.4 Å². The van der Waals surface area contributed by atoms with Gasteiger partial charge in [0.15, 0.2) is 0 Å². The molecule has 4 N–H and O–H groups in total. The average molecular weight is 294 g/mol. The molecule has 0 saturated carbocycles. The maximum absolute atomic E-state index is 11.3. The Morgan fingerprint density at radius 2 is 1.75 bits per heavy atom. The van der Waals surface area contributed by atoms with E-state index < -0.39 is 10.1 Å². The van der Waals surface area contributed by atoms with Gasteiger partial charge in [-0.25, -0.2) is 5.06 Å². The summed E-state index contributed by atoms with van der Waals surface area (Å²) in [6, 6.07) is 10.4. The molecule has 0 bridgehead atoms. The highest BCUT2D eigenvalue weighted by atomic mass is 32.2. The van der Waals surface area contributed by atoms with Crippen LogP contribution in [-0.2, 0) is 10.1 Å². The van der Waals surface area contributed by atoms with Gasteiger partial charge in [0, 0.05) is 5.69 Å². The maximum atomic E-state index is 11.3. The fourth-order valence-electron chi connectivity index (χ4n) is 1.90. The molecule has 0 fully saturated rings. The lowest BCUT2D eigenvalue weighted by Gasteiger charge is -2.21. The first-order valence-electron chi connectivity index (χ1n) is 5.72. The number of nitrogen functional groups attached to an aromatic ring is 1. The van der Waals surface area contributed by atoms with Gasteiger partial charge in [-0.3, -0.25) is 9.76 Å². The summed E-state index contributed by atoms with van der Waals surface area (Å²) in [5.41, 5.74) is 7.16. The van der Waals surface area contributed by atoms with Crippen molar-refractivity contribution in [2.45, 2.75) is 11.8 Å². The Morgan fingerprint density at radius 1 is 1.10 bits per heavy atom. The van der Waals surface area contributed by atoms with Crippen LogP contribution in [0, 0.1) is 6.92 Å². The number of para-hydroxylation sites is 1. The first-order chi connectivity index (χ1) is 9.30. The first kappa shape index (κ1) is 14.3. The van der Waals surface area contributed by atoms with Crippen molar-refractivity contribution >= 4 is 27.2 Å². The molecule has 0 spiro atoms. The number of aryl methyl sites for hydroxylation is 1. The van der Waals surface area contributed by atoms with E-state index in [0.29, 0.717) is 22.0 Å². The number of hydrogen-bond acceptors (Lipinski definition) is 5. The summed E-state index contributed by atoms with van der Waals surface area (Å²) in [6.07, 6.45) is 0. The van der Waals surface area contributed by atoms with E-state index in [9.17, 15) is 18.2 Å². The Kier molecular flexibility index (Phi) is 3.67. The third kappa shape index (κ3) is 2.74. The molecule has 0 aliphatic carbocycles. The summed E-state index contributed by atoms with van der Waals surface area (Å²) in [6.45, 7) is 1.73. The fraction of sp³-hybridized carbons (Fsp3) is 0.0769. The molecule has 0 amide bonds. The molecule has 6 nitrogen and oxygen atoms in total. The van der Waals surface area contributed by atoms with Gasteiger partial charge in [0.1, 0.15) is 4.90 Å². The molecule has 2 aromatic carbocycles. The van der Waals surface area contributed by atoms with Crippen LogP contribution in [0.3, 0.4) is 0 Å². The average Bonchev–Trinajstić information content (AvgIpc) is 2.37.